The van der Waals surface area contributed by atoms with Gasteiger partial charge >= 0.3 is 0 Å². The average molecular weight is 240 g/mol. The first kappa shape index (κ1) is 14.1. The van der Waals surface area contributed by atoms with Gasteiger partial charge in [0.2, 0.25) is 0 Å². The van der Waals surface area contributed by atoms with E-state index >= 15 is 0 Å². The SMILES string of the molecule is CCOCCCn1cnc(CNC(C)(C)C)n1. The number of aryl methyl sites for hydroxylation is 1. The first-order chi connectivity index (χ1) is 8.01. The zero-order valence-corrected chi connectivity index (χ0v) is 11.4. The third-order valence-corrected chi connectivity index (χ3v) is 2.24. The third kappa shape index (κ3) is 6.38. The maximum absolute atomic E-state index is 5.28. The molecule has 1 aromatic heterocycles. The van der Waals surface area contributed by atoms with E-state index in [4.69, 9.17) is 4.74 Å². The zero-order valence-electron chi connectivity index (χ0n) is 11.4. The van der Waals surface area contributed by atoms with E-state index in [0.717, 1.165) is 32.0 Å². The highest BCUT2D eigenvalue weighted by Gasteiger charge is 2.10. The summed E-state index contributed by atoms with van der Waals surface area (Å²) in [6, 6.07) is 0. The van der Waals surface area contributed by atoms with Gasteiger partial charge in [0.1, 0.15) is 6.33 Å². The van der Waals surface area contributed by atoms with Crippen LogP contribution in [0.4, 0.5) is 0 Å². The van der Waals surface area contributed by atoms with Crippen LogP contribution >= 0.6 is 0 Å². The van der Waals surface area contributed by atoms with Gasteiger partial charge in [0.25, 0.3) is 0 Å². The molecule has 0 saturated carbocycles. The molecule has 0 aliphatic rings. The Morgan fingerprint density at radius 1 is 1.41 bits per heavy atom. The summed E-state index contributed by atoms with van der Waals surface area (Å²) in [6.07, 6.45) is 2.76. The van der Waals surface area contributed by atoms with Crippen LogP contribution in [0.3, 0.4) is 0 Å². The fourth-order valence-electron chi connectivity index (χ4n) is 1.34. The van der Waals surface area contributed by atoms with Crippen LogP contribution in [0.5, 0.6) is 0 Å². The van der Waals surface area contributed by atoms with E-state index in [1.165, 1.54) is 0 Å². The number of nitrogens with zero attached hydrogens (tertiary/aromatic N) is 3. The number of hydrogen-bond donors (Lipinski definition) is 1. The van der Waals surface area contributed by atoms with Crippen molar-refractivity contribution < 1.29 is 4.74 Å². The van der Waals surface area contributed by atoms with Gasteiger partial charge in [-0.3, -0.25) is 4.68 Å². The Morgan fingerprint density at radius 2 is 2.18 bits per heavy atom. The Hall–Kier alpha value is -0.940. The van der Waals surface area contributed by atoms with E-state index in [0.29, 0.717) is 6.54 Å². The molecule has 0 aliphatic heterocycles. The highest BCUT2D eigenvalue weighted by Crippen LogP contribution is 2.00. The molecule has 1 aromatic rings. The van der Waals surface area contributed by atoms with E-state index in [2.05, 4.69) is 36.2 Å². The molecule has 0 fully saturated rings. The number of rotatable bonds is 7. The molecule has 0 atom stereocenters. The second-order valence-corrected chi connectivity index (χ2v) is 5.08. The summed E-state index contributed by atoms with van der Waals surface area (Å²) in [5.74, 6) is 0.844. The van der Waals surface area contributed by atoms with Gasteiger partial charge in [-0.15, -0.1) is 0 Å². The Bertz CT molecular complexity index is 317. The minimum atomic E-state index is 0.0976. The number of hydrogen-bond acceptors (Lipinski definition) is 4. The molecule has 1 heterocycles. The number of ether oxygens (including phenoxy) is 1. The van der Waals surface area contributed by atoms with Gasteiger partial charge in [0, 0.05) is 25.3 Å². The second-order valence-electron chi connectivity index (χ2n) is 5.08. The number of nitrogens with one attached hydrogen (secondary N) is 1. The molecule has 0 saturated heterocycles. The summed E-state index contributed by atoms with van der Waals surface area (Å²) in [5.41, 5.74) is 0.0976. The summed E-state index contributed by atoms with van der Waals surface area (Å²) in [7, 11) is 0. The molecule has 0 amide bonds. The smallest absolute Gasteiger partial charge is 0.164 e. The fourth-order valence-corrected chi connectivity index (χ4v) is 1.34. The monoisotopic (exact) mass is 240 g/mol. The Morgan fingerprint density at radius 3 is 2.82 bits per heavy atom. The molecular formula is C12H24N4O. The van der Waals surface area contributed by atoms with E-state index in [9.17, 15) is 0 Å². The predicted octanol–water partition coefficient (Wildman–Crippen LogP) is 1.59. The van der Waals surface area contributed by atoms with Crippen LogP contribution in [-0.4, -0.2) is 33.5 Å². The van der Waals surface area contributed by atoms with Crippen molar-refractivity contribution in [3.8, 4) is 0 Å². The molecule has 1 N–H and O–H groups in total. The van der Waals surface area contributed by atoms with Crippen LogP contribution in [0.2, 0.25) is 0 Å². The summed E-state index contributed by atoms with van der Waals surface area (Å²) in [6.45, 7) is 11.5. The van der Waals surface area contributed by atoms with Gasteiger partial charge in [0.15, 0.2) is 5.82 Å². The standard InChI is InChI=1S/C12H24N4O/c1-5-17-8-6-7-16-10-13-11(15-16)9-14-12(2,3)4/h10,14H,5-9H2,1-4H3. The topological polar surface area (TPSA) is 52.0 Å². The Labute approximate surface area is 104 Å². The molecule has 0 bridgehead atoms. The molecule has 5 heteroatoms. The van der Waals surface area contributed by atoms with Crippen LogP contribution in [0.25, 0.3) is 0 Å². The van der Waals surface area contributed by atoms with Gasteiger partial charge < -0.3 is 10.1 Å². The van der Waals surface area contributed by atoms with Crippen molar-refractivity contribution >= 4 is 0 Å². The van der Waals surface area contributed by atoms with Crippen LogP contribution in [0.15, 0.2) is 6.33 Å². The Kier molecular flexibility index (Phi) is 5.58. The van der Waals surface area contributed by atoms with Crippen LogP contribution in [-0.2, 0) is 17.8 Å². The molecule has 0 spiro atoms. The highest BCUT2D eigenvalue weighted by molar-refractivity contribution is 4.83. The van der Waals surface area contributed by atoms with Gasteiger partial charge in [-0.2, -0.15) is 5.10 Å². The Balaban J connectivity index is 2.28. The minimum Gasteiger partial charge on any atom is -0.382 e. The first-order valence-corrected chi connectivity index (χ1v) is 6.22. The van der Waals surface area contributed by atoms with Crippen molar-refractivity contribution in [1.29, 1.82) is 0 Å². The maximum Gasteiger partial charge on any atom is 0.164 e. The van der Waals surface area contributed by atoms with Gasteiger partial charge in [-0.25, -0.2) is 4.98 Å². The van der Waals surface area contributed by atoms with Crippen molar-refractivity contribution in [2.45, 2.75) is 52.7 Å². The molecule has 1 rings (SSSR count). The molecule has 98 valence electrons. The number of aromatic nitrogens is 3. The van der Waals surface area contributed by atoms with Crippen molar-refractivity contribution in [2.75, 3.05) is 13.2 Å². The minimum absolute atomic E-state index is 0.0976. The predicted molar refractivity (Wildman–Crippen MR) is 67.7 cm³/mol. The molecule has 0 aliphatic carbocycles. The lowest BCUT2D eigenvalue weighted by Crippen LogP contribution is -2.35. The summed E-state index contributed by atoms with van der Waals surface area (Å²) >= 11 is 0. The lowest BCUT2D eigenvalue weighted by Gasteiger charge is -2.19. The molecule has 0 aromatic carbocycles. The highest BCUT2D eigenvalue weighted by atomic mass is 16.5. The maximum atomic E-state index is 5.28. The average Bonchev–Trinajstić information content (AvgIpc) is 2.69. The lowest BCUT2D eigenvalue weighted by molar-refractivity contribution is 0.140. The largest absolute Gasteiger partial charge is 0.382 e. The summed E-state index contributed by atoms with van der Waals surface area (Å²) in [4.78, 5) is 4.27. The first-order valence-electron chi connectivity index (χ1n) is 6.22. The quantitative estimate of drug-likeness (QED) is 0.735. The van der Waals surface area contributed by atoms with Gasteiger partial charge in [-0.05, 0) is 34.1 Å². The molecule has 0 radical (unpaired) electrons. The van der Waals surface area contributed by atoms with Crippen LogP contribution in [0.1, 0.15) is 39.9 Å². The normalized spacial score (nSPS) is 12.0. The molecule has 5 nitrogen and oxygen atoms in total. The zero-order chi connectivity index (χ0) is 12.7. The third-order valence-electron chi connectivity index (χ3n) is 2.24. The van der Waals surface area contributed by atoms with E-state index in [-0.39, 0.29) is 5.54 Å². The van der Waals surface area contributed by atoms with Gasteiger partial charge in [-0.1, -0.05) is 0 Å². The molecular weight excluding hydrogens is 216 g/mol. The van der Waals surface area contributed by atoms with Crippen molar-refractivity contribution in [3.05, 3.63) is 12.2 Å². The van der Waals surface area contributed by atoms with Crippen molar-refractivity contribution in [1.82, 2.24) is 20.1 Å². The second kappa shape index (κ2) is 6.71. The fraction of sp³-hybridized carbons (Fsp3) is 0.833. The lowest BCUT2D eigenvalue weighted by atomic mass is 10.1. The molecule has 17 heavy (non-hydrogen) atoms. The van der Waals surface area contributed by atoms with Crippen LogP contribution in [0, 0.1) is 0 Å². The summed E-state index contributed by atoms with van der Waals surface area (Å²) < 4.78 is 7.15. The van der Waals surface area contributed by atoms with Crippen molar-refractivity contribution in [2.24, 2.45) is 0 Å². The van der Waals surface area contributed by atoms with E-state index in [1.807, 2.05) is 11.6 Å². The van der Waals surface area contributed by atoms with E-state index < -0.39 is 0 Å². The van der Waals surface area contributed by atoms with Crippen LogP contribution < -0.4 is 5.32 Å². The summed E-state index contributed by atoms with van der Waals surface area (Å²) in [5, 5.41) is 7.76. The van der Waals surface area contributed by atoms with Gasteiger partial charge in [0.05, 0.1) is 6.54 Å². The van der Waals surface area contributed by atoms with Crippen molar-refractivity contribution in [3.63, 3.8) is 0 Å². The van der Waals surface area contributed by atoms with E-state index in [1.54, 1.807) is 6.33 Å². The molecule has 0 unspecified atom stereocenters.